The monoisotopic (exact) mass is 266 g/mol. The van der Waals surface area contributed by atoms with Crippen molar-refractivity contribution in [2.24, 2.45) is 0 Å². The smallest absolute Gasteiger partial charge is 0.198 e. The first-order valence-electron chi connectivity index (χ1n) is 6.18. The van der Waals surface area contributed by atoms with Gasteiger partial charge in [-0.05, 0) is 33.1 Å². The van der Waals surface area contributed by atoms with E-state index in [2.05, 4.69) is 15.2 Å². The molecule has 1 aliphatic heterocycles. The molecule has 0 aliphatic carbocycles. The molecule has 1 fully saturated rings. The standard InChI is InChI=1S/C12H15ClN4O/c1-7-8(2)17-11(9-5-3-4-6-18-9)15-16-12(17)10(13)14-7/h9H,3-6H2,1-2H3. The highest BCUT2D eigenvalue weighted by Gasteiger charge is 2.24. The van der Waals surface area contributed by atoms with Gasteiger partial charge in [0.25, 0.3) is 0 Å². The maximum Gasteiger partial charge on any atom is 0.198 e. The Kier molecular flexibility index (Phi) is 2.95. The van der Waals surface area contributed by atoms with Gasteiger partial charge in [-0.1, -0.05) is 11.6 Å². The predicted octanol–water partition coefficient (Wildman–Crippen LogP) is 2.64. The lowest BCUT2D eigenvalue weighted by Gasteiger charge is -2.21. The number of rotatable bonds is 1. The van der Waals surface area contributed by atoms with Crippen molar-refractivity contribution < 1.29 is 4.74 Å². The van der Waals surface area contributed by atoms with Crippen LogP contribution in [0.3, 0.4) is 0 Å². The van der Waals surface area contributed by atoms with Crippen molar-refractivity contribution in [1.82, 2.24) is 19.6 Å². The van der Waals surface area contributed by atoms with Gasteiger partial charge in [-0.2, -0.15) is 0 Å². The summed E-state index contributed by atoms with van der Waals surface area (Å²) < 4.78 is 7.75. The molecule has 18 heavy (non-hydrogen) atoms. The molecular formula is C12H15ClN4O. The lowest BCUT2D eigenvalue weighted by atomic mass is 10.1. The average molecular weight is 267 g/mol. The van der Waals surface area contributed by atoms with Crippen LogP contribution in [0.5, 0.6) is 0 Å². The Balaban J connectivity index is 2.18. The van der Waals surface area contributed by atoms with Crippen molar-refractivity contribution in [1.29, 1.82) is 0 Å². The summed E-state index contributed by atoms with van der Waals surface area (Å²) in [6.07, 6.45) is 3.29. The Morgan fingerprint density at radius 2 is 2.11 bits per heavy atom. The molecule has 1 saturated heterocycles. The van der Waals surface area contributed by atoms with E-state index in [1.54, 1.807) is 0 Å². The van der Waals surface area contributed by atoms with Crippen LogP contribution in [0.25, 0.3) is 5.65 Å². The molecule has 0 spiro atoms. The van der Waals surface area contributed by atoms with Crippen molar-refractivity contribution in [3.63, 3.8) is 0 Å². The van der Waals surface area contributed by atoms with Gasteiger partial charge in [-0.3, -0.25) is 4.40 Å². The Morgan fingerprint density at radius 3 is 2.83 bits per heavy atom. The number of halogens is 1. The van der Waals surface area contributed by atoms with E-state index >= 15 is 0 Å². The normalized spacial score (nSPS) is 20.5. The van der Waals surface area contributed by atoms with Gasteiger partial charge in [0, 0.05) is 12.3 Å². The fraction of sp³-hybridized carbons (Fsp3) is 0.583. The summed E-state index contributed by atoms with van der Waals surface area (Å²) in [6.45, 7) is 4.73. The molecule has 3 rings (SSSR count). The molecule has 96 valence electrons. The molecule has 5 nitrogen and oxygen atoms in total. The number of ether oxygens (including phenoxy) is 1. The molecule has 1 unspecified atom stereocenters. The van der Waals surface area contributed by atoms with Gasteiger partial charge in [0.15, 0.2) is 16.6 Å². The quantitative estimate of drug-likeness (QED) is 0.796. The van der Waals surface area contributed by atoms with Crippen molar-refractivity contribution in [3.8, 4) is 0 Å². The van der Waals surface area contributed by atoms with E-state index in [4.69, 9.17) is 16.3 Å². The molecule has 2 aromatic rings. The van der Waals surface area contributed by atoms with Gasteiger partial charge in [-0.25, -0.2) is 4.98 Å². The van der Waals surface area contributed by atoms with Crippen LogP contribution >= 0.6 is 11.6 Å². The highest BCUT2D eigenvalue weighted by Crippen LogP contribution is 2.29. The minimum absolute atomic E-state index is 0.0188. The summed E-state index contributed by atoms with van der Waals surface area (Å²) in [7, 11) is 0. The summed E-state index contributed by atoms with van der Waals surface area (Å²) >= 11 is 6.11. The van der Waals surface area contributed by atoms with E-state index in [1.807, 2.05) is 18.2 Å². The molecule has 6 heteroatoms. The van der Waals surface area contributed by atoms with Crippen LogP contribution in [-0.2, 0) is 4.74 Å². The van der Waals surface area contributed by atoms with Gasteiger partial charge >= 0.3 is 0 Å². The second kappa shape index (κ2) is 4.48. The number of nitrogens with zero attached hydrogens (tertiary/aromatic N) is 4. The van der Waals surface area contributed by atoms with Gasteiger partial charge in [0.2, 0.25) is 0 Å². The number of aromatic nitrogens is 4. The van der Waals surface area contributed by atoms with Crippen LogP contribution in [0.15, 0.2) is 0 Å². The molecule has 0 saturated carbocycles. The molecule has 3 heterocycles. The highest BCUT2D eigenvalue weighted by atomic mass is 35.5. The van der Waals surface area contributed by atoms with Gasteiger partial charge in [-0.15, -0.1) is 10.2 Å². The Morgan fingerprint density at radius 1 is 1.28 bits per heavy atom. The second-order valence-corrected chi connectivity index (χ2v) is 5.00. The fourth-order valence-corrected chi connectivity index (χ4v) is 2.60. The van der Waals surface area contributed by atoms with E-state index in [-0.39, 0.29) is 6.10 Å². The number of aryl methyl sites for hydroxylation is 2. The molecule has 0 radical (unpaired) electrons. The summed E-state index contributed by atoms with van der Waals surface area (Å²) in [5.41, 5.74) is 2.52. The third-order valence-electron chi connectivity index (χ3n) is 3.47. The van der Waals surface area contributed by atoms with Crippen molar-refractivity contribution in [2.45, 2.75) is 39.2 Å². The first kappa shape index (κ1) is 11.9. The largest absolute Gasteiger partial charge is 0.370 e. The summed E-state index contributed by atoms with van der Waals surface area (Å²) in [6, 6.07) is 0. The highest BCUT2D eigenvalue weighted by molar-refractivity contribution is 6.32. The Hall–Kier alpha value is -1.20. The van der Waals surface area contributed by atoms with Crippen molar-refractivity contribution in [2.75, 3.05) is 6.61 Å². The molecule has 1 aliphatic rings. The van der Waals surface area contributed by atoms with Gasteiger partial charge in [0.05, 0.1) is 5.69 Å². The van der Waals surface area contributed by atoms with Crippen LogP contribution in [-0.4, -0.2) is 26.2 Å². The second-order valence-electron chi connectivity index (χ2n) is 4.65. The fourth-order valence-electron chi connectivity index (χ4n) is 2.35. The SMILES string of the molecule is Cc1nc(Cl)c2nnc(C3CCCCO3)n2c1C. The lowest BCUT2D eigenvalue weighted by Crippen LogP contribution is -2.15. The molecule has 0 aromatic carbocycles. The van der Waals surface area contributed by atoms with E-state index in [1.165, 1.54) is 0 Å². The van der Waals surface area contributed by atoms with E-state index < -0.39 is 0 Å². The number of hydrogen-bond acceptors (Lipinski definition) is 4. The Labute approximate surface area is 110 Å². The zero-order chi connectivity index (χ0) is 12.7. The molecule has 1 atom stereocenters. The third kappa shape index (κ3) is 1.78. The van der Waals surface area contributed by atoms with Crippen LogP contribution in [0, 0.1) is 13.8 Å². The van der Waals surface area contributed by atoms with Crippen LogP contribution in [0.2, 0.25) is 5.15 Å². The van der Waals surface area contributed by atoms with Gasteiger partial charge in [0.1, 0.15) is 6.10 Å². The summed E-state index contributed by atoms with van der Waals surface area (Å²) in [4.78, 5) is 4.26. The minimum atomic E-state index is 0.0188. The minimum Gasteiger partial charge on any atom is -0.370 e. The summed E-state index contributed by atoms with van der Waals surface area (Å²) in [5, 5.41) is 8.78. The Bertz CT molecular complexity index is 589. The van der Waals surface area contributed by atoms with Gasteiger partial charge < -0.3 is 4.74 Å². The van der Waals surface area contributed by atoms with E-state index in [0.717, 1.165) is 43.1 Å². The van der Waals surface area contributed by atoms with Crippen molar-refractivity contribution in [3.05, 3.63) is 22.4 Å². The first-order chi connectivity index (χ1) is 8.68. The van der Waals surface area contributed by atoms with E-state index in [9.17, 15) is 0 Å². The maximum atomic E-state index is 6.11. The number of hydrogen-bond donors (Lipinski definition) is 0. The van der Waals surface area contributed by atoms with E-state index in [0.29, 0.717) is 10.8 Å². The molecule has 0 N–H and O–H groups in total. The average Bonchev–Trinajstić information content (AvgIpc) is 2.82. The maximum absolute atomic E-state index is 6.11. The zero-order valence-corrected chi connectivity index (χ0v) is 11.2. The first-order valence-corrected chi connectivity index (χ1v) is 6.55. The zero-order valence-electron chi connectivity index (χ0n) is 10.5. The summed E-state index contributed by atoms with van der Waals surface area (Å²) in [5.74, 6) is 0.842. The lowest BCUT2D eigenvalue weighted by molar-refractivity contribution is 0.00875. The van der Waals surface area contributed by atoms with Crippen molar-refractivity contribution >= 4 is 17.2 Å². The molecule has 0 amide bonds. The van der Waals surface area contributed by atoms with Crippen LogP contribution in [0.4, 0.5) is 0 Å². The number of fused-ring (bicyclic) bond motifs is 1. The molecule has 2 aromatic heterocycles. The third-order valence-corrected chi connectivity index (χ3v) is 3.72. The predicted molar refractivity (Wildman–Crippen MR) is 67.8 cm³/mol. The molecular weight excluding hydrogens is 252 g/mol. The molecule has 0 bridgehead atoms. The van der Waals surface area contributed by atoms with Crippen LogP contribution < -0.4 is 0 Å². The van der Waals surface area contributed by atoms with Crippen LogP contribution in [0.1, 0.15) is 42.6 Å². The topological polar surface area (TPSA) is 52.3 Å².